The van der Waals surface area contributed by atoms with Gasteiger partial charge in [0.15, 0.2) is 5.79 Å². The Balaban J connectivity index is 1.83. The minimum atomic E-state index is -0.833. The molecule has 0 bridgehead atoms. The summed E-state index contributed by atoms with van der Waals surface area (Å²) < 4.78 is 19.5. The summed E-state index contributed by atoms with van der Waals surface area (Å²) in [7, 11) is 0. The molecule has 0 aromatic carbocycles. The number of esters is 1. The third kappa shape index (κ3) is 13.3. The van der Waals surface area contributed by atoms with Crippen molar-refractivity contribution < 1.29 is 28.6 Å². The molecular formula is C44H79NO6. The first-order valence-electron chi connectivity index (χ1n) is 21.2. The molecule has 7 heteroatoms. The van der Waals surface area contributed by atoms with Crippen LogP contribution >= 0.6 is 0 Å². The van der Waals surface area contributed by atoms with Gasteiger partial charge in [-0.25, -0.2) is 4.79 Å². The van der Waals surface area contributed by atoms with Crippen molar-refractivity contribution in [2.45, 2.75) is 214 Å². The van der Waals surface area contributed by atoms with E-state index in [9.17, 15) is 9.59 Å². The summed E-state index contributed by atoms with van der Waals surface area (Å²) in [4.78, 5) is 32.5. The van der Waals surface area contributed by atoms with Gasteiger partial charge in [0.1, 0.15) is 6.61 Å². The fourth-order valence-electron chi connectivity index (χ4n) is 8.03. The molecule has 2 saturated heterocycles. The van der Waals surface area contributed by atoms with Crippen molar-refractivity contribution >= 4 is 11.9 Å². The van der Waals surface area contributed by atoms with Crippen molar-refractivity contribution in [1.82, 2.24) is 5.06 Å². The molecular weight excluding hydrogens is 638 g/mol. The minimum Gasteiger partial charge on any atom is -0.465 e. The van der Waals surface area contributed by atoms with E-state index in [-0.39, 0.29) is 23.3 Å². The van der Waals surface area contributed by atoms with Crippen molar-refractivity contribution in [2.75, 3.05) is 19.8 Å². The van der Waals surface area contributed by atoms with Gasteiger partial charge in [-0.2, -0.15) is 0 Å². The van der Waals surface area contributed by atoms with Crippen LogP contribution in [0.15, 0.2) is 23.8 Å². The van der Waals surface area contributed by atoms with Crippen molar-refractivity contribution in [3.8, 4) is 0 Å². The second-order valence-electron chi connectivity index (χ2n) is 16.3. The Morgan fingerprint density at radius 3 is 1.75 bits per heavy atom. The Kier molecular flexibility index (Phi) is 20.6. The van der Waals surface area contributed by atoms with Crippen LogP contribution in [0.1, 0.15) is 197 Å². The first kappa shape index (κ1) is 45.5. The molecule has 3 unspecified atom stereocenters. The highest BCUT2D eigenvalue weighted by Gasteiger charge is 2.64. The molecule has 2 heterocycles. The Morgan fingerprint density at radius 2 is 1.29 bits per heavy atom. The molecule has 296 valence electrons. The molecule has 3 atom stereocenters. The molecule has 0 aliphatic carbocycles. The van der Waals surface area contributed by atoms with Crippen LogP contribution < -0.4 is 0 Å². The number of carbonyl (C=O) groups excluding carboxylic acids is 2. The lowest BCUT2D eigenvalue weighted by Gasteiger charge is -2.63. The number of hydroxylamine groups is 2. The molecule has 2 fully saturated rings. The second kappa shape index (κ2) is 23.2. The maximum absolute atomic E-state index is 13.4. The monoisotopic (exact) mass is 718 g/mol. The van der Waals surface area contributed by atoms with Gasteiger partial charge in [0.25, 0.3) is 0 Å². The first-order valence-corrected chi connectivity index (χ1v) is 21.2. The topological polar surface area (TPSA) is 74.3 Å². The predicted octanol–water partition coefficient (Wildman–Crippen LogP) is 12.0. The van der Waals surface area contributed by atoms with Crippen LogP contribution in [0.5, 0.6) is 0 Å². The van der Waals surface area contributed by atoms with Crippen molar-refractivity contribution in [2.24, 2.45) is 11.3 Å². The highest BCUT2D eigenvalue weighted by Crippen LogP contribution is 2.54. The van der Waals surface area contributed by atoms with E-state index in [0.717, 1.165) is 38.5 Å². The van der Waals surface area contributed by atoms with E-state index in [4.69, 9.17) is 19.0 Å². The van der Waals surface area contributed by atoms with Gasteiger partial charge in [0.2, 0.25) is 0 Å². The summed E-state index contributed by atoms with van der Waals surface area (Å²) in [6.45, 7) is 20.3. The Bertz CT molecular complexity index is 1060. The van der Waals surface area contributed by atoms with Gasteiger partial charge in [-0.1, -0.05) is 150 Å². The van der Waals surface area contributed by atoms with Gasteiger partial charge in [0.05, 0.1) is 35.3 Å². The van der Waals surface area contributed by atoms with Crippen LogP contribution in [0.2, 0.25) is 0 Å². The number of hydrogen-bond acceptors (Lipinski definition) is 7. The summed E-state index contributed by atoms with van der Waals surface area (Å²) in [5.41, 5.74) is -0.849. The molecule has 0 saturated carbocycles. The molecule has 51 heavy (non-hydrogen) atoms. The second-order valence-corrected chi connectivity index (χ2v) is 16.3. The number of carbonyl (C=O) groups is 2. The third-order valence-corrected chi connectivity index (χ3v) is 12.4. The number of piperidine rings is 1. The standard InChI is InChI=1S/C44H79NO6/c1-10-16-17-18-19-20-21-22-23-24-25-26-27-28-29-32-39(46)48-34-43(15-6)35-49-44(50-36-43)33-41(8,13-4)45(42(9,14-5)37(44)7)51-40(47)38(30-11-2)31-12-3/h11,30-31,37H,10,12-29,32-36H2,1-9H3/b30-11-,38-31+. The van der Waals surface area contributed by atoms with Gasteiger partial charge < -0.3 is 19.0 Å². The highest BCUT2D eigenvalue weighted by molar-refractivity contribution is 5.91. The predicted molar refractivity (Wildman–Crippen MR) is 210 cm³/mol. The Hall–Kier alpha value is -1.70. The largest absolute Gasteiger partial charge is 0.465 e. The molecule has 2 aliphatic heterocycles. The summed E-state index contributed by atoms with van der Waals surface area (Å²) >= 11 is 0. The average molecular weight is 718 g/mol. The van der Waals surface area contributed by atoms with E-state index in [0.29, 0.717) is 38.2 Å². The van der Waals surface area contributed by atoms with E-state index < -0.39 is 16.9 Å². The lowest BCUT2D eigenvalue weighted by atomic mass is 9.66. The number of allylic oxidation sites excluding steroid dienone is 2. The van der Waals surface area contributed by atoms with Crippen molar-refractivity contribution in [3.63, 3.8) is 0 Å². The highest BCUT2D eigenvalue weighted by atomic mass is 16.7. The summed E-state index contributed by atoms with van der Waals surface area (Å²) in [6, 6.07) is 0. The van der Waals surface area contributed by atoms with Crippen LogP contribution in [0.25, 0.3) is 0 Å². The molecule has 2 rings (SSSR count). The number of hydrogen-bond donors (Lipinski definition) is 0. The average Bonchev–Trinajstić information content (AvgIpc) is 3.14. The smallest absolute Gasteiger partial charge is 0.356 e. The zero-order valence-corrected chi connectivity index (χ0v) is 34.7. The van der Waals surface area contributed by atoms with E-state index in [2.05, 4.69) is 48.5 Å². The summed E-state index contributed by atoms with van der Waals surface area (Å²) in [6.07, 6.45) is 29.3. The lowest BCUT2D eigenvalue weighted by molar-refractivity contribution is -0.402. The minimum absolute atomic E-state index is 0.0924. The summed E-state index contributed by atoms with van der Waals surface area (Å²) in [5, 5.41) is 1.96. The lowest BCUT2D eigenvalue weighted by Crippen LogP contribution is -2.74. The normalized spacial score (nSPS) is 28.8. The van der Waals surface area contributed by atoms with Gasteiger partial charge in [-0.3, -0.25) is 4.79 Å². The fraction of sp³-hybridized carbons (Fsp3) is 0.864. The van der Waals surface area contributed by atoms with Crippen LogP contribution in [0, 0.1) is 11.3 Å². The molecule has 0 amide bonds. The maximum Gasteiger partial charge on any atom is 0.356 e. The van der Waals surface area contributed by atoms with Crippen LogP contribution in [-0.4, -0.2) is 53.7 Å². The number of unbranched alkanes of at least 4 members (excludes halogenated alkanes) is 14. The molecule has 1 spiro atoms. The first-order chi connectivity index (χ1) is 24.4. The van der Waals surface area contributed by atoms with Crippen LogP contribution in [0.4, 0.5) is 0 Å². The van der Waals surface area contributed by atoms with E-state index in [1.807, 2.05) is 37.1 Å². The Labute approximate surface area is 314 Å². The zero-order chi connectivity index (χ0) is 37.8. The molecule has 0 aromatic rings. The maximum atomic E-state index is 13.4. The number of rotatable bonds is 25. The van der Waals surface area contributed by atoms with Gasteiger partial charge >= 0.3 is 11.9 Å². The quantitative estimate of drug-likeness (QED) is 0.0403. The van der Waals surface area contributed by atoms with Crippen LogP contribution in [-0.2, 0) is 28.6 Å². The zero-order valence-electron chi connectivity index (χ0n) is 34.7. The summed E-state index contributed by atoms with van der Waals surface area (Å²) in [5.74, 6) is -1.38. The third-order valence-electron chi connectivity index (χ3n) is 12.4. The Morgan fingerprint density at radius 1 is 0.765 bits per heavy atom. The van der Waals surface area contributed by atoms with Gasteiger partial charge in [0, 0.05) is 18.8 Å². The molecule has 2 aliphatic rings. The molecule has 0 aromatic heterocycles. The molecule has 7 nitrogen and oxygen atoms in total. The van der Waals surface area contributed by atoms with Crippen molar-refractivity contribution in [3.05, 3.63) is 23.8 Å². The van der Waals surface area contributed by atoms with E-state index in [1.165, 1.54) is 83.5 Å². The van der Waals surface area contributed by atoms with Gasteiger partial charge in [-0.15, -0.1) is 5.06 Å². The van der Waals surface area contributed by atoms with Crippen LogP contribution in [0.3, 0.4) is 0 Å². The van der Waals surface area contributed by atoms with Gasteiger partial charge in [-0.05, 0) is 52.9 Å². The molecule has 0 radical (unpaired) electrons. The SMILES string of the molecule is C/C=C\C(=C/CC)C(=O)ON1C(C)(CC)CC2(OCC(CC)(COC(=O)CCCCCCCCCCCCCCCCC)CO2)C(C)C1(C)CC. The fourth-order valence-corrected chi connectivity index (χ4v) is 8.03. The van der Waals surface area contributed by atoms with E-state index in [1.54, 1.807) is 0 Å². The van der Waals surface area contributed by atoms with Crippen molar-refractivity contribution in [1.29, 1.82) is 0 Å². The van der Waals surface area contributed by atoms with E-state index >= 15 is 0 Å². The number of ether oxygens (including phenoxy) is 3. The number of nitrogens with zero attached hydrogens (tertiary/aromatic N) is 1. The molecule has 0 N–H and O–H groups in total.